The molecule has 0 amide bonds. The molecule has 11 nitrogen and oxygen atoms in total. The summed E-state index contributed by atoms with van der Waals surface area (Å²) in [7, 11) is 0. The van der Waals surface area contributed by atoms with Crippen LogP contribution in [0.25, 0.3) is 0 Å². The molecular formula is C25H43BrFN3O8. The van der Waals surface area contributed by atoms with Gasteiger partial charge in [-0.1, -0.05) is 84.0 Å². The minimum absolute atomic E-state index is 0.243. The van der Waals surface area contributed by atoms with Crippen molar-refractivity contribution in [2.75, 3.05) is 6.61 Å². The lowest BCUT2D eigenvalue weighted by Gasteiger charge is -2.43. The van der Waals surface area contributed by atoms with Crippen molar-refractivity contribution in [2.45, 2.75) is 127 Å². The smallest absolute Gasteiger partial charge is 0.332 e. The fraction of sp³-hybridized carbons (Fsp3) is 0.840. The second kappa shape index (κ2) is 15.6. The maximum absolute atomic E-state index is 15.0. The molecule has 1 aliphatic rings. The number of nitrogens with one attached hydrogen (secondary N) is 1. The molecule has 0 radical (unpaired) electrons. The van der Waals surface area contributed by atoms with E-state index in [1.807, 2.05) is 4.98 Å². The summed E-state index contributed by atoms with van der Waals surface area (Å²) in [5.41, 5.74) is -5.44. The predicted molar refractivity (Wildman–Crippen MR) is 141 cm³/mol. The van der Waals surface area contributed by atoms with E-state index in [0.717, 1.165) is 25.5 Å². The van der Waals surface area contributed by atoms with Gasteiger partial charge in [0.1, 0.15) is 12.2 Å². The van der Waals surface area contributed by atoms with Gasteiger partial charge in [-0.05, 0) is 28.8 Å². The zero-order valence-corrected chi connectivity index (χ0v) is 23.6. The Morgan fingerprint density at radius 2 is 1.55 bits per heavy atom. The molecule has 220 valence electrons. The van der Waals surface area contributed by atoms with Crippen LogP contribution in [0, 0.1) is 0 Å². The van der Waals surface area contributed by atoms with Crippen molar-refractivity contribution in [3.05, 3.63) is 31.5 Å². The highest BCUT2D eigenvalue weighted by Gasteiger charge is 2.71. The number of hydrogen-bond acceptors (Lipinski definition) is 9. The maximum Gasteiger partial charge on any atom is 0.332 e. The molecule has 0 spiro atoms. The maximum atomic E-state index is 15.0. The molecule has 2 rings (SSSR count). The van der Waals surface area contributed by atoms with Crippen molar-refractivity contribution < 1.29 is 34.8 Å². The number of hydrogen-bond donors (Lipinski definition) is 6. The van der Waals surface area contributed by atoms with Gasteiger partial charge in [-0.3, -0.25) is 9.78 Å². The zero-order chi connectivity index (χ0) is 28.3. The highest BCUT2D eigenvalue weighted by molar-refractivity contribution is 9.10. The number of ether oxygens (including phenoxy) is 1. The first kappa shape index (κ1) is 33.0. The van der Waals surface area contributed by atoms with E-state index in [1.54, 1.807) is 0 Å². The third-order valence-electron chi connectivity index (χ3n) is 7.13. The van der Waals surface area contributed by atoms with Gasteiger partial charge < -0.3 is 30.4 Å². The van der Waals surface area contributed by atoms with Crippen LogP contribution in [0.1, 0.15) is 96.8 Å². The van der Waals surface area contributed by atoms with E-state index in [-0.39, 0.29) is 16.0 Å². The lowest BCUT2D eigenvalue weighted by molar-refractivity contribution is -0.428. The van der Waals surface area contributed by atoms with Crippen LogP contribution in [-0.2, 0) is 10.6 Å². The zero-order valence-electron chi connectivity index (χ0n) is 22.0. The lowest BCUT2D eigenvalue weighted by atomic mass is 9.99. The van der Waals surface area contributed by atoms with Crippen LogP contribution in [0.3, 0.4) is 0 Å². The van der Waals surface area contributed by atoms with Gasteiger partial charge in [0, 0.05) is 6.20 Å². The second-order valence-corrected chi connectivity index (χ2v) is 10.9. The number of aromatic nitrogens is 2. The number of unbranched alkanes of at least 4 members (excludes halogenated alkanes) is 12. The summed E-state index contributed by atoms with van der Waals surface area (Å²) in [6.07, 6.45) is 8.44. The first-order valence-corrected chi connectivity index (χ1v) is 14.4. The van der Waals surface area contributed by atoms with Gasteiger partial charge in [0.2, 0.25) is 5.72 Å². The molecule has 13 heteroatoms. The summed E-state index contributed by atoms with van der Waals surface area (Å²) < 4.78 is 20.2. The number of rotatable bonds is 18. The molecule has 1 aromatic heterocycles. The number of halogens is 2. The Bertz CT molecular complexity index is 965. The predicted octanol–water partition coefficient (Wildman–Crippen LogP) is 2.81. The van der Waals surface area contributed by atoms with Crippen molar-refractivity contribution in [3.8, 4) is 0 Å². The average molecular weight is 613 g/mol. The number of aliphatic hydroxyl groups excluding tert-OH is 2. The van der Waals surface area contributed by atoms with Crippen molar-refractivity contribution in [1.82, 2.24) is 14.6 Å². The summed E-state index contributed by atoms with van der Waals surface area (Å²) >= 11 is 2.87. The number of aromatic amines is 1. The fourth-order valence-corrected chi connectivity index (χ4v) is 5.11. The lowest BCUT2D eigenvalue weighted by Crippen LogP contribution is -2.69. The monoisotopic (exact) mass is 611 g/mol. The summed E-state index contributed by atoms with van der Waals surface area (Å²) in [4.78, 5) is 25.9. The van der Waals surface area contributed by atoms with E-state index in [9.17, 15) is 35.2 Å². The Balaban J connectivity index is 1.90. The Kier molecular flexibility index (Phi) is 13.5. The number of hydroxylamine groups is 2. The van der Waals surface area contributed by atoms with Crippen molar-refractivity contribution in [2.24, 2.45) is 0 Å². The third kappa shape index (κ3) is 7.72. The largest absolute Gasteiger partial charge is 0.394 e. The number of nitrogens with zero attached hydrogens (tertiary/aromatic N) is 2. The van der Waals surface area contributed by atoms with Gasteiger partial charge in [-0.2, -0.15) is 0 Å². The minimum atomic E-state index is -3.31. The quantitative estimate of drug-likeness (QED) is 0.0632. The number of aliphatic hydroxyl groups is 4. The number of H-pyrrole nitrogens is 1. The van der Waals surface area contributed by atoms with E-state index >= 15 is 4.39 Å². The third-order valence-corrected chi connectivity index (χ3v) is 7.69. The van der Waals surface area contributed by atoms with Gasteiger partial charge in [0.05, 0.1) is 11.1 Å². The molecule has 1 aromatic rings. The SMILES string of the molecule is CCCCCCCCCCCCCCCC(F)N(O)[C@@]1(O)[C@H](O)[C@@H](CO)O[C@]1(O)n1cc(Br)c(=O)[nH]c1=O. The van der Waals surface area contributed by atoms with Crippen LogP contribution in [0.4, 0.5) is 4.39 Å². The van der Waals surface area contributed by atoms with E-state index in [1.165, 1.54) is 51.4 Å². The highest BCUT2D eigenvalue weighted by atomic mass is 79.9. The van der Waals surface area contributed by atoms with Crippen molar-refractivity contribution >= 4 is 15.9 Å². The Labute approximate surface area is 230 Å². The number of alkyl halides is 1. The first-order valence-electron chi connectivity index (χ1n) is 13.6. The Morgan fingerprint density at radius 3 is 2.05 bits per heavy atom. The van der Waals surface area contributed by atoms with Crippen LogP contribution < -0.4 is 11.2 Å². The normalized spacial score (nSPS) is 26.3. The van der Waals surface area contributed by atoms with Crippen LogP contribution in [0.2, 0.25) is 0 Å². The molecule has 38 heavy (non-hydrogen) atoms. The van der Waals surface area contributed by atoms with Crippen LogP contribution >= 0.6 is 15.9 Å². The molecule has 0 saturated carbocycles. The van der Waals surface area contributed by atoms with Crippen molar-refractivity contribution in [3.63, 3.8) is 0 Å². The Hall–Kier alpha value is -1.19. The molecule has 0 aliphatic carbocycles. The van der Waals surface area contributed by atoms with E-state index < -0.39 is 48.0 Å². The topological polar surface area (TPSA) is 168 Å². The molecule has 0 aromatic carbocycles. The Morgan fingerprint density at radius 1 is 1.05 bits per heavy atom. The second-order valence-electron chi connectivity index (χ2n) is 10.0. The van der Waals surface area contributed by atoms with Gasteiger partial charge in [0.25, 0.3) is 5.56 Å². The van der Waals surface area contributed by atoms with Gasteiger partial charge >= 0.3 is 11.6 Å². The molecule has 5 atom stereocenters. The molecular weight excluding hydrogens is 569 g/mol. The molecule has 0 bridgehead atoms. The van der Waals surface area contributed by atoms with E-state index in [4.69, 9.17) is 4.74 Å². The van der Waals surface area contributed by atoms with E-state index in [0.29, 0.717) is 17.4 Å². The van der Waals surface area contributed by atoms with Gasteiger partial charge in [0.15, 0.2) is 6.30 Å². The van der Waals surface area contributed by atoms with Gasteiger partial charge in [-0.15, -0.1) is 5.06 Å². The molecule has 1 unspecified atom stereocenters. The van der Waals surface area contributed by atoms with E-state index in [2.05, 4.69) is 22.9 Å². The minimum Gasteiger partial charge on any atom is -0.394 e. The molecule has 1 saturated heterocycles. The van der Waals surface area contributed by atoms with Crippen LogP contribution in [0.5, 0.6) is 0 Å². The molecule has 6 N–H and O–H groups in total. The fourth-order valence-electron chi connectivity index (χ4n) is 4.81. The van der Waals surface area contributed by atoms with Crippen molar-refractivity contribution in [1.29, 1.82) is 0 Å². The van der Waals surface area contributed by atoms with Crippen LogP contribution in [0.15, 0.2) is 20.3 Å². The van der Waals surface area contributed by atoms with Gasteiger partial charge in [-0.25, -0.2) is 13.8 Å². The summed E-state index contributed by atoms with van der Waals surface area (Å²) in [6, 6.07) is 0. The standard InChI is InChI=1S/C25H43BrFN3O8/c1-2-3-4-5-6-7-8-9-10-11-12-13-14-15-20(27)30(37)24(35)21(32)19(17-31)38-25(24,36)29-16-18(26)22(33)28-23(29)34/h16,19-21,31-32,35-37H,2-15,17H2,1H3,(H,28,33,34)/t19-,20?,21-,24-,25+/m1/s1. The molecule has 1 aliphatic heterocycles. The summed E-state index contributed by atoms with van der Waals surface area (Å²) in [6.45, 7) is 1.27. The highest BCUT2D eigenvalue weighted by Crippen LogP contribution is 2.44. The molecule has 1 fully saturated rings. The summed E-state index contributed by atoms with van der Waals surface area (Å²) in [5, 5.41) is 52.7. The summed E-state index contributed by atoms with van der Waals surface area (Å²) in [5.74, 6) is -3.27. The molecule has 2 heterocycles. The average Bonchev–Trinajstić information content (AvgIpc) is 3.10. The first-order chi connectivity index (χ1) is 18.0. The van der Waals surface area contributed by atoms with Crippen LogP contribution in [-0.4, -0.2) is 71.1 Å².